The SMILES string of the molecule is O=c1c2cc(Cl)ccc2nc2n1CC/C2=C/c1ccc(Cl)c(Cl)c1. The maximum Gasteiger partial charge on any atom is 0.261 e. The van der Waals surface area contributed by atoms with Gasteiger partial charge in [0.2, 0.25) is 0 Å². The molecule has 6 heteroatoms. The Morgan fingerprint density at radius 1 is 1.04 bits per heavy atom. The van der Waals surface area contributed by atoms with Crippen LogP contribution in [0.1, 0.15) is 17.8 Å². The second-order valence-corrected chi connectivity index (χ2v) is 6.90. The molecule has 3 aromatic rings. The van der Waals surface area contributed by atoms with E-state index in [0.29, 0.717) is 38.3 Å². The van der Waals surface area contributed by atoms with E-state index in [1.807, 2.05) is 12.1 Å². The summed E-state index contributed by atoms with van der Waals surface area (Å²) in [5.74, 6) is 0.695. The van der Waals surface area contributed by atoms with Crippen molar-refractivity contribution in [2.75, 3.05) is 0 Å². The molecule has 0 saturated carbocycles. The van der Waals surface area contributed by atoms with Crippen molar-refractivity contribution >= 4 is 57.4 Å². The molecule has 2 aromatic carbocycles. The molecule has 4 rings (SSSR count). The molecule has 0 aliphatic carbocycles. The lowest BCUT2D eigenvalue weighted by Gasteiger charge is -2.06. The van der Waals surface area contributed by atoms with Crippen LogP contribution in [0.3, 0.4) is 0 Å². The van der Waals surface area contributed by atoms with E-state index in [1.54, 1.807) is 34.9 Å². The largest absolute Gasteiger partial charge is 0.292 e. The van der Waals surface area contributed by atoms with Crippen molar-refractivity contribution in [3.63, 3.8) is 0 Å². The van der Waals surface area contributed by atoms with E-state index in [4.69, 9.17) is 34.8 Å². The number of rotatable bonds is 1. The third kappa shape index (κ3) is 2.63. The Hall–Kier alpha value is -1.81. The Morgan fingerprint density at radius 2 is 1.88 bits per heavy atom. The average molecular weight is 378 g/mol. The summed E-state index contributed by atoms with van der Waals surface area (Å²) in [5.41, 5.74) is 2.52. The first-order chi connectivity index (χ1) is 11.5. The van der Waals surface area contributed by atoms with Crippen molar-refractivity contribution in [3.8, 4) is 0 Å². The lowest BCUT2D eigenvalue weighted by molar-refractivity contribution is 0.725. The van der Waals surface area contributed by atoms with Gasteiger partial charge >= 0.3 is 0 Å². The van der Waals surface area contributed by atoms with E-state index < -0.39 is 0 Å². The van der Waals surface area contributed by atoms with Gasteiger partial charge in [0.05, 0.1) is 20.9 Å². The van der Waals surface area contributed by atoms with Gasteiger partial charge in [-0.1, -0.05) is 40.9 Å². The summed E-state index contributed by atoms with van der Waals surface area (Å²) in [6.45, 7) is 0.608. The summed E-state index contributed by atoms with van der Waals surface area (Å²) < 4.78 is 1.70. The molecule has 0 spiro atoms. The smallest absolute Gasteiger partial charge is 0.261 e. The van der Waals surface area contributed by atoms with Crippen molar-refractivity contribution in [1.29, 1.82) is 0 Å². The highest BCUT2D eigenvalue weighted by Crippen LogP contribution is 2.30. The lowest BCUT2D eigenvalue weighted by Crippen LogP contribution is -2.20. The predicted molar refractivity (Wildman–Crippen MR) is 100.0 cm³/mol. The first-order valence-electron chi connectivity index (χ1n) is 7.39. The van der Waals surface area contributed by atoms with Crippen LogP contribution >= 0.6 is 34.8 Å². The summed E-state index contributed by atoms with van der Waals surface area (Å²) in [4.78, 5) is 17.3. The van der Waals surface area contributed by atoms with Gasteiger partial charge in [0.1, 0.15) is 5.82 Å². The van der Waals surface area contributed by atoms with Crippen LogP contribution in [0.4, 0.5) is 0 Å². The molecule has 0 unspecified atom stereocenters. The molecular weight excluding hydrogens is 367 g/mol. The van der Waals surface area contributed by atoms with Crippen molar-refractivity contribution in [2.24, 2.45) is 0 Å². The monoisotopic (exact) mass is 376 g/mol. The molecule has 24 heavy (non-hydrogen) atoms. The molecule has 0 saturated heterocycles. The van der Waals surface area contributed by atoms with Crippen molar-refractivity contribution in [3.05, 3.63) is 73.2 Å². The quantitative estimate of drug-likeness (QED) is 0.576. The highest BCUT2D eigenvalue weighted by atomic mass is 35.5. The average Bonchev–Trinajstić information content (AvgIpc) is 2.95. The number of nitrogens with zero attached hydrogens (tertiary/aromatic N) is 2. The maximum atomic E-state index is 12.7. The minimum atomic E-state index is -0.0601. The Kier molecular flexibility index (Phi) is 3.87. The van der Waals surface area contributed by atoms with Crippen LogP contribution in [-0.2, 0) is 6.54 Å². The summed E-state index contributed by atoms with van der Waals surface area (Å²) in [5, 5.41) is 2.10. The van der Waals surface area contributed by atoms with Gasteiger partial charge in [-0.2, -0.15) is 0 Å². The number of halogens is 3. The second-order valence-electron chi connectivity index (χ2n) is 5.65. The van der Waals surface area contributed by atoms with Crippen LogP contribution in [0, 0.1) is 0 Å². The molecule has 3 nitrogen and oxygen atoms in total. The minimum absolute atomic E-state index is 0.0601. The topological polar surface area (TPSA) is 34.9 Å². The number of hydrogen-bond acceptors (Lipinski definition) is 2. The van der Waals surface area contributed by atoms with E-state index in [-0.39, 0.29) is 5.56 Å². The van der Waals surface area contributed by atoms with Gasteiger partial charge in [-0.05, 0) is 54.0 Å². The number of benzene rings is 2. The van der Waals surface area contributed by atoms with Gasteiger partial charge in [-0.3, -0.25) is 9.36 Å². The molecule has 0 radical (unpaired) electrons. The van der Waals surface area contributed by atoms with E-state index in [1.165, 1.54) is 0 Å². The third-order valence-corrected chi connectivity index (χ3v) is 5.07. The molecule has 0 bridgehead atoms. The highest BCUT2D eigenvalue weighted by Gasteiger charge is 2.21. The number of fused-ring (bicyclic) bond motifs is 2. The Bertz CT molecular complexity index is 1070. The van der Waals surface area contributed by atoms with E-state index in [2.05, 4.69) is 4.98 Å². The summed E-state index contributed by atoms with van der Waals surface area (Å²) in [6.07, 6.45) is 2.74. The van der Waals surface area contributed by atoms with Gasteiger partial charge in [0.15, 0.2) is 0 Å². The molecule has 1 aliphatic rings. The molecule has 1 aromatic heterocycles. The molecule has 2 heterocycles. The van der Waals surface area contributed by atoms with Crippen molar-refractivity contribution in [1.82, 2.24) is 9.55 Å². The first-order valence-corrected chi connectivity index (χ1v) is 8.52. The fourth-order valence-corrected chi connectivity index (χ4v) is 3.41. The molecular formula is C18H11Cl3N2O. The van der Waals surface area contributed by atoms with Crippen LogP contribution in [0.25, 0.3) is 22.6 Å². The Labute approximate surface area is 153 Å². The molecule has 0 amide bonds. The Morgan fingerprint density at radius 3 is 2.67 bits per heavy atom. The van der Waals surface area contributed by atoms with Crippen LogP contribution < -0.4 is 5.56 Å². The van der Waals surface area contributed by atoms with Crippen LogP contribution in [0.5, 0.6) is 0 Å². The van der Waals surface area contributed by atoms with Gasteiger partial charge in [-0.15, -0.1) is 0 Å². The zero-order valence-corrected chi connectivity index (χ0v) is 14.7. The fraction of sp³-hybridized carbons (Fsp3) is 0.111. The molecule has 0 fully saturated rings. The van der Waals surface area contributed by atoms with E-state index in [9.17, 15) is 4.79 Å². The zero-order valence-electron chi connectivity index (χ0n) is 12.4. The fourth-order valence-electron chi connectivity index (χ4n) is 2.93. The van der Waals surface area contributed by atoms with Gasteiger partial charge in [0.25, 0.3) is 5.56 Å². The van der Waals surface area contributed by atoms with Gasteiger partial charge < -0.3 is 0 Å². The van der Waals surface area contributed by atoms with Gasteiger partial charge in [-0.25, -0.2) is 4.98 Å². The van der Waals surface area contributed by atoms with Crippen molar-refractivity contribution in [2.45, 2.75) is 13.0 Å². The molecule has 0 N–H and O–H groups in total. The van der Waals surface area contributed by atoms with Crippen LogP contribution in [-0.4, -0.2) is 9.55 Å². The standard InChI is InChI=1S/C18H11Cl3N2O/c19-12-2-4-16-13(9-12)18(24)23-6-5-11(17(23)22-16)7-10-1-3-14(20)15(21)8-10/h1-4,7-9H,5-6H2/b11-7-. The summed E-state index contributed by atoms with van der Waals surface area (Å²) in [7, 11) is 0. The number of allylic oxidation sites excluding steroid dienone is 1. The zero-order chi connectivity index (χ0) is 16.8. The van der Waals surface area contributed by atoms with E-state index >= 15 is 0 Å². The molecule has 1 aliphatic heterocycles. The highest BCUT2D eigenvalue weighted by molar-refractivity contribution is 6.42. The predicted octanol–water partition coefficient (Wildman–Crippen LogP) is 5.30. The lowest BCUT2D eigenvalue weighted by atomic mass is 10.1. The minimum Gasteiger partial charge on any atom is -0.292 e. The van der Waals surface area contributed by atoms with Gasteiger partial charge in [0, 0.05) is 11.6 Å². The third-order valence-electron chi connectivity index (χ3n) is 4.09. The number of aromatic nitrogens is 2. The van der Waals surface area contributed by atoms with Crippen LogP contribution in [0.2, 0.25) is 15.1 Å². The normalized spacial score (nSPS) is 15.2. The summed E-state index contributed by atoms with van der Waals surface area (Å²) in [6, 6.07) is 10.6. The Balaban J connectivity index is 1.88. The molecule has 120 valence electrons. The summed E-state index contributed by atoms with van der Waals surface area (Å²) >= 11 is 18.0. The first kappa shape index (κ1) is 15.7. The van der Waals surface area contributed by atoms with Crippen molar-refractivity contribution < 1.29 is 0 Å². The maximum absolute atomic E-state index is 12.7. The van der Waals surface area contributed by atoms with E-state index in [0.717, 1.165) is 17.6 Å². The number of hydrogen-bond donors (Lipinski definition) is 0. The second kappa shape index (κ2) is 5.92. The van der Waals surface area contributed by atoms with Crippen LogP contribution in [0.15, 0.2) is 41.2 Å². The molecule has 0 atom stereocenters.